The number of benzene rings is 1. The molecule has 0 saturated heterocycles. The standard InChI is InChI=1S/C21H37N5O.HI/c1-8-22-19(23-14-18(27)26-20(3,4)5)24-15-21(6,7)25-16(2)17-12-10-9-11-13-17;/h9-13,16,25H,8,14-15H2,1-7H3,(H,26,27)(H2,22,23,24);1H. The van der Waals surface area contributed by atoms with Gasteiger partial charge in [0.05, 0.1) is 0 Å². The van der Waals surface area contributed by atoms with Gasteiger partial charge in [-0.1, -0.05) is 30.3 Å². The Morgan fingerprint density at radius 2 is 1.68 bits per heavy atom. The highest BCUT2D eigenvalue weighted by atomic mass is 127. The second kappa shape index (κ2) is 12.3. The fourth-order valence-corrected chi connectivity index (χ4v) is 2.72. The summed E-state index contributed by atoms with van der Waals surface area (Å²) < 4.78 is 0. The van der Waals surface area contributed by atoms with Crippen molar-refractivity contribution in [2.75, 3.05) is 19.6 Å². The van der Waals surface area contributed by atoms with E-state index in [9.17, 15) is 4.79 Å². The van der Waals surface area contributed by atoms with Crippen molar-refractivity contribution in [2.45, 2.75) is 65.6 Å². The largest absolute Gasteiger partial charge is 0.357 e. The summed E-state index contributed by atoms with van der Waals surface area (Å²) in [6, 6.07) is 10.6. The van der Waals surface area contributed by atoms with Gasteiger partial charge in [0, 0.05) is 30.2 Å². The van der Waals surface area contributed by atoms with Gasteiger partial charge in [-0.15, -0.1) is 24.0 Å². The number of carbonyl (C=O) groups excluding carboxylic acids is 1. The Morgan fingerprint density at radius 3 is 2.21 bits per heavy atom. The van der Waals surface area contributed by atoms with E-state index >= 15 is 0 Å². The first kappa shape index (κ1) is 26.6. The minimum atomic E-state index is -0.252. The smallest absolute Gasteiger partial charge is 0.242 e. The monoisotopic (exact) mass is 503 g/mol. The van der Waals surface area contributed by atoms with Crippen molar-refractivity contribution in [3.63, 3.8) is 0 Å². The molecule has 0 radical (unpaired) electrons. The summed E-state index contributed by atoms with van der Waals surface area (Å²) in [4.78, 5) is 16.4. The highest BCUT2D eigenvalue weighted by molar-refractivity contribution is 14.0. The Labute approximate surface area is 187 Å². The summed E-state index contributed by atoms with van der Waals surface area (Å²) in [6.07, 6.45) is 0. The predicted molar refractivity (Wildman–Crippen MR) is 129 cm³/mol. The normalized spacial score (nSPS) is 13.3. The number of hydrogen-bond donors (Lipinski definition) is 4. The second-order valence-electron chi connectivity index (χ2n) is 8.51. The molecule has 0 bridgehead atoms. The molecule has 0 spiro atoms. The van der Waals surface area contributed by atoms with Crippen LogP contribution in [0, 0.1) is 0 Å². The number of nitrogens with zero attached hydrogens (tertiary/aromatic N) is 1. The molecule has 4 N–H and O–H groups in total. The van der Waals surface area contributed by atoms with Gasteiger partial charge in [0.1, 0.15) is 6.54 Å². The van der Waals surface area contributed by atoms with Crippen LogP contribution in [0.4, 0.5) is 0 Å². The quantitative estimate of drug-likeness (QED) is 0.250. The lowest BCUT2D eigenvalue weighted by Gasteiger charge is -2.31. The summed E-state index contributed by atoms with van der Waals surface area (Å²) in [5.74, 6) is 0.554. The van der Waals surface area contributed by atoms with Gasteiger partial charge in [-0.05, 0) is 54.0 Å². The molecule has 1 rings (SSSR count). The molecule has 1 unspecified atom stereocenters. The van der Waals surface area contributed by atoms with E-state index in [0.717, 1.165) is 6.54 Å². The van der Waals surface area contributed by atoms with Gasteiger partial charge in [0.25, 0.3) is 0 Å². The van der Waals surface area contributed by atoms with Gasteiger partial charge in [0.15, 0.2) is 5.96 Å². The fraction of sp³-hybridized carbons (Fsp3) is 0.619. The number of hydrogen-bond acceptors (Lipinski definition) is 3. The predicted octanol–water partition coefficient (Wildman–Crippen LogP) is 3.20. The van der Waals surface area contributed by atoms with Crippen LogP contribution in [0.25, 0.3) is 0 Å². The van der Waals surface area contributed by atoms with E-state index in [1.807, 2.05) is 33.8 Å². The molecule has 1 aromatic carbocycles. The van der Waals surface area contributed by atoms with Crippen molar-refractivity contribution in [1.82, 2.24) is 21.3 Å². The molecule has 1 atom stereocenters. The molecule has 0 aliphatic rings. The van der Waals surface area contributed by atoms with Gasteiger partial charge in [-0.2, -0.15) is 0 Å². The van der Waals surface area contributed by atoms with Gasteiger partial charge in [-0.25, -0.2) is 4.99 Å². The van der Waals surface area contributed by atoms with Crippen LogP contribution in [0.15, 0.2) is 35.3 Å². The second-order valence-corrected chi connectivity index (χ2v) is 8.51. The number of guanidine groups is 1. The summed E-state index contributed by atoms with van der Waals surface area (Å²) in [5, 5.41) is 13.1. The number of halogens is 1. The molecule has 0 aromatic heterocycles. The summed E-state index contributed by atoms with van der Waals surface area (Å²) in [6.45, 7) is 15.9. The Morgan fingerprint density at radius 1 is 1.07 bits per heavy atom. The first-order valence-electron chi connectivity index (χ1n) is 9.68. The molecule has 0 aliphatic carbocycles. The third kappa shape index (κ3) is 11.5. The highest BCUT2D eigenvalue weighted by Crippen LogP contribution is 2.15. The molecule has 1 aromatic rings. The molecule has 28 heavy (non-hydrogen) atoms. The first-order valence-corrected chi connectivity index (χ1v) is 9.68. The SMILES string of the molecule is CCNC(=NCC(=O)NC(C)(C)C)NCC(C)(C)NC(C)c1ccccc1.I. The van der Waals surface area contributed by atoms with Crippen molar-refractivity contribution < 1.29 is 4.79 Å². The Bertz CT molecular complexity index is 611. The van der Waals surface area contributed by atoms with E-state index in [2.05, 4.69) is 71.3 Å². The van der Waals surface area contributed by atoms with Crippen molar-refractivity contribution in [3.05, 3.63) is 35.9 Å². The molecule has 0 aliphatic heterocycles. The zero-order valence-electron chi connectivity index (χ0n) is 18.3. The number of aliphatic imine (C=N–C) groups is 1. The van der Waals surface area contributed by atoms with Crippen molar-refractivity contribution >= 4 is 35.8 Å². The molecule has 0 heterocycles. The van der Waals surface area contributed by atoms with Crippen molar-refractivity contribution in [1.29, 1.82) is 0 Å². The van der Waals surface area contributed by atoms with E-state index in [4.69, 9.17) is 0 Å². The minimum absolute atomic E-state index is 0. The van der Waals surface area contributed by atoms with E-state index < -0.39 is 0 Å². The lowest BCUT2D eigenvalue weighted by atomic mass is 10.0. The summed E-state index contributed by atoms with van der Waals surface area (Å²) in [5.41, 5.74) is 0.849. The molecule has 0 fully saturated rings. The summed E-state index contributed by atoms with van der Waals surface area (Å²) in [7, 11) is 0. The van der Waals surface area contributed by atoms with E-state index in [0.29, 0.717) is 12.5 Å². The maximum Gasteiger partial charge on any atom is 0.242 e. The Kier molecular flexibility index (Phi) is 11.7. The van der Waals surface area contributed by atoms with Gasteiger partial charge in [-0.3, -0.25) is 4.79 Å². The van der Waals surface area contributed by atoms with Crippen LogP contribution in [0.3, 0.4) is 0 Å². The third-order valence-corrected chi connectivity index (χ3v) is 3.84. The van der Waals surface area contributed by atoms with Crippen molar-refractivity contribution in [2.24, 2.45) is 4.99 Å². The van der Waals surface area contributed by atoms with Crippen LogP contribution >= 0.6 is 24.0 Å². The van der Waals surface area contributed by atoms with E-state index in [-0.39, 0.29) is 53.5 Å². The van der Waals surface area contributed by atoms with Crippen LogP contribution in [-0.2, 0) is 4.79 Å². The van der Waals surface area contributed by atoms with Crippen LogP contribution in [0.5, 0.6) is 0 Å². The fourth-order valence-electron chi connectivity index (χ4n) is 2.72. The minimum Gasteiger partial charge on any atom is -0.357 e. The average Bonchev–Trinajstić information content (AvgIpc) is 2.56. The highest BCUT2D eigenvalue weighted by Gasteiger charge is 2.21. The van der Waals surface area contributed by atoms with Crippen LogP contribution < -0.4 is 21.3 Å². The van der Waals surface area contributed by atoms with Crippen molar-refractivity contribution in [3.8, 4) is 0 Å². The number of rotatable bonds is 8. The maximum absolute atomic E-state index is 12.0. The van der Waals surface area contributed by atoms with Crippen LogP contribution in [-0.4, -0.2) is 42.6 Å². The van der Waals surface area contributed by atoms with E-state index in [1.54, 1.807) is 0 Å². The number of nitrogens with one attached hydrogen (secondary N) is 4. The van der Waals surface area contributed by atoms with Gasteiger partial charge in [0.2, 0.25) is 5.91 Å². The zero-order valence-corrected chi connectivity index (χ0v) is 20.7. The molecular formula is C21H38IN5O. The zero-order chi connectivity index (χ0) is 20.5. The molecular weight excluding hydrogens is 465 g/mol. The third-order valence-electron chi connectivity index (χ3n) is 3.84. The van der Waals surface area contributed by atoms with Crippen LogP contribution in [0.1, 0.15) is 60.1 Å². The topological polar surface area (TPSA) is 77.5 Å². The number of carbonyl (C=O) groups is 1. The lowest BCUT2D eigenvalue weighted by Crippen LogP contribution is -2.52. The van der Waals surface area contributed by atoms with Crippen LogP contribution in [0.2, 0.25) is 0 Å². The lowest BCUT2D eigenvalue weighted by molar-refractivity contribution is -0.121. The maximum atomic E-state index is 12.0. The Balaban J connectivity index is 0.00000729. The summed E-state index contributed by atoms with van der Waals surface area (Å²) >= 11 is 0. The molecule has 6 nitrogen and oxygen atoms in total. The molecule has 1 amide bonds. The van der Waals surface area contributed by atoms with Gasteiger partial charge < -0.3 is 21.3 Å². The van der Waals surface area contributed by atoms with Gasteiger partial charge >= 0.3 is 0 Å². The number of amides is 1. The molecule has 160 valence electrons. The average molecular weight is 503 g/mol. The molecule has 0 saturated carbocycles. The first-order chi connectivity index (χ1) is 12.5. The molecule has 7 heteroatoms. The van der Waals surface area contributed by atoms with E-state index in [1.165, 1.54) is 5.56 Å². The Hall–Kier alpha value is -1.35.